The Kier molecular flexibility index (Phi) is 19.0. The third kappa shape index (κ3) is 14.1. The van der Waals surface area contributed by atoms with Crippen molar-refractivity contribution in [1.29, 1.82) is 0 Å². The smallest absolute Gasteiger partial charge is 0.392 e. The van der Waals surface area contributed by atoms with Crippen LogP contribution in [0.15, 0.2) is 42.5 Å². The van der Waals surface area contributed by atoms with Gasteiger partial charge in [0.2, 0.25) is 6.41 Å². The molecule has 0 aliphatic heterocycles. The van der Waals surface area contributed by atoms with Gasteiger partial charge in [0.05, 0.1) is 33.8 Å². The van der Waals surface area contributed by atoms with Gasteiger partial charge in [-0.1, -0.05) is 37.4 Å². The van der Waals surface area contributed by atoms with Crippen LogP contribution in [-0.2, 0) is 64.6 Å². The third-order valence-corrected chi connectivity index (χ3v) is 13.1. The fourth-order valence-electron chi connectivity index (χ4n) is 7.15. The summed E-state index contributed by atoms with van der Waals surface area (Å²) in [4.78, 5) is 29.8. The van der Waals surface area contributed by atoms with Crippen LogP contribution in [0.3, 0.4) is 0 Å². The summed E-state index contributed by atoms with van der Waals surface area (Å²) in [6.07, 6.45) is -8.75. The van der Waals surface area contributed by atoms with Crippen LogP contribution in [0.2, 0.25) is 5.02 Å². The Morgan fingerprint density at radius 2 is 1.62 bits per heavy atom. The second-order valence-electron chi connectivity index (χ2n) is 16.0. The van der Waals surface area contributed by atoms with Crippen LogP contribution in [-0.4, -0.2) is 86.6 Å². The van der Waals surface area contributed by atoms with Crippen LogP contribution >= 0.6 is 11.6 Å². The summed E-state index contributed by atoms with van der Waals surface area (Å²) in [6.45, 7) is 8.17. The number of nitrogens with one attached hydrogen (secondary N) is 2. The monoisotopic (exact) mass is 1070 g/mol. The zero-order chi connectivity index (χ0) is 53.6. The van der Waals surface area contributed by atoms with E-state index >= 15 is 0 Å². The molecule has 0 radical (unpaired) electrons. The SMILES string of the molecule is CC.CC(O)CNC(=O)N(c1nn(CC(F)(F)F)c2c(-c3ccc(C#CC(C)(C)S(C)=O)nc3C(Cc3cc(F)cc(F)c3)NC=O)ccc(Cl)c12)S(C)=O.CCn1nc(C(F)(F)F)c2c1C(F)(F)CC2. The van der Waals surface area contributed by atoms with Gasteiger partial charge in [0.1, 0.15) is 45.3 Å². The van der Waals surface area contributed by atoms with Gasteiger partial charge in [-0.25, -0.2) is 22.8 Å². The maximum Gasteiger partial charge on any atom is 0.435 e. The van der Waals surface area contributed by atoms with E-state index in [0.717, 1.165) is 23.1 Å². The van der Waals surface area contributed by atoms with Crippen LogP contribution in [0.5, 0.6) is 0 Å². The van der Waals surface area contributed by atoms with Gasteiger partial charge in [-0.3, -0.25) is 18.4 Å². The fourth-order valence-corrected chi connectivity index (χ4v) is 8.26. The molecule has 3 N–H and O–H groups in total. The first-order valence-corrected chi connectivity index (χ1v) is 24.9. The van der Waals surface area contributed by atoms with E-state index in [2.05, 4.69) is 37.7 Å². The van der Waals surface area contributed by atoms with E-state index in [4.69, 9.17) is 11.6 Å². The minimum absolute atomic E-state index is 0.000437. The number of hydrogen-bond donors (Lipinski definition) is 3. The summed E-state index contributed by atoms with van der Waals surface area (Å²) < 4.78 is 161. The Morgan fingerprint density at radius 1 is 1.00 bits per heavy atom. The Morgan fingerprint density at radius 3 is 2.15 bits per heavy atom. The largest absolute Gasteiger partial charge is 0.435 e. The van der Waals surface area contributed by atoms with E-state index in [1.165, 1.54) is 44.4 Å². The molecule has 0 saturated carbocycles. The van der Waals surface area contributed by atoms with Gasteiger partial charge in [0, 0.05) is 65.6 Å². The summed E-state index contributed by atoms with van der Waals surface area (Å²) in [5, 5.41) is 21.5. The number of carbonyl (C=O) groups excluding carboxylic acids is 2. The van der Waals surface area contributed by atoms with Crippen molar-refractivity contribution in [1.82, 2.24) is 35.2 Å². The molecule has 4 unspecified atom stereocenters. The van der Waals surface area contributed by atoms with Gasteiger partial charge >= 0.3 is 18.4 Å². The molecule has 3 aromatic heterocycles. The number of fused-ring (bicyclic) bond motifs is 2. The maximum absolute atomic E-state index is 14.2. The van der Waals surface area contributed by atoms with Crippen LogP contribution in [0, 0.1) is 23.5 Å². The van der Waals surface area contributed by atoms with E-state index in [-0.39, 0.29) is 75.5 Å². The van der Waals surface area contributed by atoms with E-state index in [0.29, 0.717) is 21.5 Å². The van der Waals surface area contributed by atoms with E-state index in [1.807, 2.05) is 13.8 Å². The van der Waals surface area contributed by atoms with Gasteiger partial charge < -0.3 is 15.7 Å². The number of anilines is 1. The van der Waals surface area contributed by atoms with Gasteiger partial charge in [0.15, 0.2) is 11.5 Å². The van der Waals surface area contributed by atoms with E-state index < -0.39 is 105 Å². The molecule has 4 atom stereocenters. The molecule has 13 nitrogen and oxygen atoms in total. The van der Waals surface area contributed by atoms with Crippen molar-refractivity contribution in [2.75, 3.05) is 23.4 Å². The van der Waals surface area contributed by atoms with Crippen molar-refractivity contribution in [3.63, 3.8) is 0 Å². The van der Waals surface area contributed by atoms with Crippen LogP contribution in [0.4, 0.5) is 54.5 Å². The molecular formula is C45H49ClF10N8O5S2. The number of nitrogens with zero attached hydrogens (tertiary/aromatic N) is 6. The number of aryl methyl sites for hydroxylation is 1. The molecule has 0 bridgehead atoms. The number of carbonyl (C=O) groups is 2. The summed E-state index contributed by atoms with van der Waals surface area (Å²) in [6, 6.07) is 6.09. The fraction of sp³-hybridized carbons (Fsp3) is 0.444. The number of benzene rings is 2. The topological polar surface area (TPSA) is 164 Å². The average molecular weight is 1070 g/mol. The third-order valence-electron chi connectivity index (χ3n) is 10.4. The normalized spacial score (nSPS) is 14.9. The van der Waals surface area contributed by atoms with Crippen molar-refractivity contribution >= 4 is 62.5 Å². The molecular weight excluding hydrogens is 1020 g/mol. The van der Waals surface area contributed by atoms with Gasteiger partial charge in [0.25, 0.3) is 5.92 Å². The minimum Gasteiger partial charge on any atom is -0.392 e. The molecule has 1 aliphatic rings. The van der Waals surface area contributed by atoms with Gasteiger partial charge in [-0.2, -0.15) is 49.6 Å². The summed E-state index contributed by atoms with van der Waals surface area (Å²) >= 11 is 6.59. The van der Waals surface area contributed by atoms with E-state index in [1.54, 1.807) is 13.8 Å². The molecule has 5 aromatic rings. The Hall–Kier alpha value is -5.58. The molecule has 0 spiro atoms. The first-order valence-electron chi connectivity index (χ1n) is 21.4. The lowest BCUT2D eigenvalue weighted by atomic mass is 9.94. The molecule has 3 heterocycles. The highest BCUT2D eigenvalue weighted by atomic mass is 35.5. The molecule has 1 aliphatic carbocycles. The lowest BCUT2D eigenvalue weighted by molar-refractivity contribution is -0.142. The van der Waals surface area contributed by atoms with Crippen molar-refractivity contribution in [3.8, 4) is 23.0 Å². The van der Waals surface area contributed by atoms with E-state index in [9.17, 15) is 67.0 Å². The highest BCUT2D eigenvalue weighted by molar-refractivity contribution is 7.86. The van der Waals surface area contributed by atoms with Crippen LogP contribution in [0.25, 0.3) is 22.0 Å². The standard InChI is InChI=1S/C34H34ClF5N6O5S2.C9H9F5N2.C2H6/c1-19(48)16-41-32(49)46(53(5)51)31-28-26(35)9-8-25(30(28)45(44-31)17-34(38,39)40)24-7-6-23(10-11-33(2,3)52(4)50)43-29(24)27(42-18-47)14-20-12-21(36)15-22(37)13-20;1-2-16-7-5(3-4-8(7,10)11)6(15-16)9(12,13)14;1-2/h6-9,12-13,15,18-19,27,48H,14,16-17H2,1-5H3,(H,41,49)(H,42,47);2-4H2,1H3;1-2H3. The molecule has 0 saturated heterocycles. The van der Waals surface area contributed by atoms with Crippen LogP contribution in [0.1, 0.15) is 87.9 Å². The zero-order valence-electron chi connectivity index (χ0n) is 39.3. The second-order valence-corrected chi connectivity index (χ2v) is 19.6. The quantitative estimate of drug-likeness (QED) is 0.0597. The average Bonchev–Trinajstić information content (AvgIpc) is 3.93. The predicted octanol–water partition coefficient (Wildman–Crippen LogP) is 9.31. The molecule has 0 fully saturated rings. The number of rotatable bonds is 13. The summed E-state index contributed by atoms with van der Waals surface area (Å²) in [7, 11) is -3.60. The lowest BCUT2D eigenvalue weighted by Gasteiger charge is -2.21. The number of amides is 3. The molecule has 2 aromatic carbocycles. The number of halogens is 11. The van der Waals surface area contributed by atoms with Crippen molar-refractivity contribution < 1.29 is 67.0 Å². The first-order chi connectivity index (χ1) is 33.0. The number of aliphatic hydroxyl groups is 1. The number of alkyl halides is 8. The molecule has 26 heteroatoms. The lowest BCUT2D eigenvalue weighted by Crippen LogP contribution is -2.43. The number of urea groups is 1. The number of hydrogen-bond acceptors (Lipinski definition) is 8. The van der Waals surface area contributed by atoms with Gasteiger partial charge in [-0.15, -0.1) is 0 Å². The highest BCUT2D eigenvalue weighted by Gasteiger charge is 2.49. The van der Waals surface area contributed by atoms with Crippen molar-refractivity contribution in [2.24, 2.45) is 0 Å². The molecule has 6 rings (SSSR count). The number of aliphatic hydroxyl groups excluding tert-OH is 1. The Labute approximate surface area is 411 Å². The maximum atomic E-state index is 14.2. The first kappa shape index (κ1) is 58.0. The molecule has 3 amide bonds. The zero-order valence-corrected chi connectivity index (χ0v) is 41.6. The predicted molar refractivity (Wildman–Crippen MR) is 249 cm³/mol. The van der Waals surface area contributed by atoms with Gasteiger partial charge in [-0.05, 0) is 82.4 Å². The molecule has 71 heavy (non-hydrogen) atoms. The number of aromatic nitrogens is 5. The second kappa shape index (κ2) is 23.3. The van der Waals surface area contributed by atoms with Crippen LogP contribution < -0.4 is 14.9 Å². The number of pyridine rings is 1. The highest BCUT2D eigenvalue weighted by Crippen LogP contribution is 2.47. The Balaban J connectivity index is 0.000000508. The molecule has 388 valence electrons. The minimum atomic E-state index is -4.86. The van der Waals surface area contributed by atoms with Crippen molar-refractivity contribution in [2.45, 2.75) is 109 Å². The summed E-state index contributed by atoms with van der Waals surface area (Å²) in [5.41, 5.74) is -2.04. The summed E-state index contributed by atoms with van der Waals surface area (Å²) in [5.74, 6) is 0.230. The Bertz CT molecular complexity index is 2840. The van der Waals surface area contributed by atoms with Crippen molar-refractivity contribution in [3.05, 3.63) is 93.0 Å².